The Morgan fingerprint density at radius 3 is 2.53 bits per heavy atom. The van der Waals surface area contributed by atoms with Gasteiger partial charge in [0.05, 0.1) is 13.7 Å². The molecule has 10 nitrogen and oxygen atoms in total. The molecule has 0 spiro atoms. The van der Waals surface area contributed by atoms with Crippen LogP contribution < -0.4 is 14.2 Å². The van der Waals surface area contributed by atoms with Crippen molar-refractivity contribution in [2.24, 2.45) is 0 Å². The molecule has 0 bridgehead atoms. The topological polar surface area (TPSA) is 115 Å². The first-order chi connectivity index (χ1) is 16.4. The highest BCUT2D eigenvalue weighted by molar-refractivity contribution is 5.59. The summed E-state index contributed by atoms with van der Waals surface area (Å²) < 4.78 is 35.5. The van der Waals surface area contributed by atoms with Gasteiger partial charge in [-0.1, -0.05) is 5.16 Å². The summed E-state index contributed by atoms with van der Waals surface area (Å²) in [5, 5.41) is 14.3. The Balaban J connectivity index is 0.000000192. The maximum Gasteiger partial charge on any atom is 0.414 e. The lowest BCUT2D eigenvalue weighted by molar-refractivity contribution is -0.389. The van der Waals surface area contributed by atoms with Gasteiger partial charge in [0.2, 0.25) is 0 Å². The van der Waals surface area contributed by atoms with Gasteiger partial charge in [-0.15, -0.1) is 0 Å². The lowest BCUT2D eigenvalue weighted by Crippen LogP contribution is -2.08. The molecule has 1 aliphatic heterocycles. The number of hydrogen-bond donors (Lipinski definition) is 0. The number of ether oxygens (including phenoxy) is 3. The summed E-state index contributed by atoms with van der Waals surface area (Å²) in [7, 11) is 1.62. The van der Waals surface area contributed by atoms with Crippen LogP contribution in [0.25, 0.3) is 11.3 Å². The van der Waals surface area contributed by atoms with Crippen LogP contribution in [0.4, 0.5) is 10.2 Å². The van der Waals surface area contributed by atoms with Crippen LogP contribution in [0.5, 0.6) is 17.5 Å². The first-order valence-electron chi connectivity index (χ1n) is 10.3. The number of methoxy groups -OCH3 is 1. The van der Waals surface area contributed by atoms with Crippen LogP contribution >= 0.6 is 0 Å². The molecule has 0 N–H and O–H groups in total. The van der Waals surface area contributed by atoms with Crippen molar-refractivity contribution < 1.29 is 28.0 Å². The number of hydrogen-bond acceptors (Lipinski definition) is 8. The normalized spacial score (nSPS) is 13.9. The van der Waals surface area contributed by atoms with Gasteiger partial charge in [-0.25, -0.2) is 4.39 Å². The smallest absolute Gasteiger partial charge is 0.414 e. The molecule has 5 rings (SSSR count). The molecular weight excluding hydrogens is 447 g/mol. The molecule has 1 aliphatic rings. The van der Waals surface area contributed by atoms with Crippen molar-refractivity contribution in [3.63, 3.8) is 0 Å². The number of imidazole rings is 1. The Morgan fingerprint density at radius 2 is 1.88 bits per heavy atom. The van der Waals surface area contributed by atoms with Gasteiger partial charge in [-0.3, -0.25) is 4.57 Å². The molecule has 1 atom stereocenters. The highest BCUT2D eigenvalue weighted by atomic mass is 19.1. The Morgan fingerprint density at radius 1 is 1.18 bits per heavy atom. The quantitative estimate of drug-likeness (QED) is 0.297. The average Bonchev–Trinajstić information content (AvgIpc) is 3.54. The third kappa shape index (κ3) is 5.49. The Hall–Kier alpha value is -4.41. The largest absolute Gasteiger partial charge is 0.497 e. The Kier molecular flexibility index (Phi) is 6.72. The van der Waals surface area contributed by atoms with Crippen LogP contribution in [-0.4, -0.2) is 32.8 Å². The summed E-state index contributed by atoms with van der Waals surface area (Å²) in [6.45, 7) is 2.76. The molecule has 11 heteroatoms. The van der Waals surface area contributed by atoms with Crippen LogP contribution in [0.3, 0.4) is 0 Å². The van der Waals surface area contributed by atoms with E-state index in [4.69, 9.17) is 18.7 Å². The van der Waals surface area contributed by atoms with E-state index in [1.807, 2.05) is 37.3 Å². The predicted octanol–water partition coefficient (Wildman–Crippen LogP) is 4.64. The van der Waals surface area contributed by atoms with E-state index in [1.165, 1.54) is 18.3 Å². The van der Waals surface area contributed by atoms with Gasteiger partial charge in [-0.2, -0.15) is 0 Å². The van der Waals surface area contributed by atoms with Crippen molar-refractivity contribution in [2.45, 2.75) is 26.2 Å². The van der Waals surface area contributed by atoms with Gasteiger partial charge >= 0.3 is 11.8 Å². The van der Waals surface area contributed by atoms with Gasteiger partial charge in [0.25, 0.3) is 0 Å². The number of fused-ring (bicyclic) bond motifs is 1. The zero-order valence-electron chi connectivity index (χ0n) is 18.4. The van der Waals surface area contributed by atoms with Gasteiger partial charge in [0.1, 0.15) is 41.9 Å². The predicted molar refractivity (Wildman–Crippen MR) is 118 cm³/mol. The molecule has 176 valence electrons. The summed E-state index contributed by atoms with van der Waals surface area (Å²) in [6.07, 6.45) is 1.45. The summed E-state index contributed by atoms with van der Waals surface area (Å²) in [4.78, 5) is 13.4. The zero-order chi connectivity index (χ0) is 24.1. The van der Waals surface area contributed by atoms with Gasteiger partial charge in [0, 0.05) is 16.6 Å². The van der Waals surface area contributed by atoms with Crippen LogP contribution in [-0.2, 0) is 13.2 Å². The second kappa shape index (κ2) is 10.0. The van der Waals surface area contributed by atoms with E-state index < -0.39 is 4.92 Å². The van der Waals surface area contributed by atoms with Crippen LogP contribution in [0.1, 0.15) is 12.7 Å². The number of nitrogens with zero attached hydrogens (tertiary/aromatic N) is 4. The van der Waals surface area contributed by atoms with Gasteiger partial charge < -0.3 is 28.8 Å². The maximum atomic E-state index is 12.8. The lowest BCUT2D eigenvalue weighted by atomic mass is 10.1. The lowest BCUT2D eigenvalue weighted by Gasteiger charge is -2.02. The molecule has 3 heterocycles. The van der Waals surface area contributed by atoms with Gasteiger partial charge in [-0.05, 0) is 60.4 Å². The standard InChI is InChI=1S/C17H14FNO3.C6H7N3O3/c1-20-14-6-2-12(3-7-14)17-10-16(22-19-17)11-21-15-8-4-13(18)5-9-15;1-4-2-8-3-5(9(10)11)7-6(8)12-4/h2-10H,11H2,1H3;3-4H,2H2,1H3. The minimum atomic E-state index is -0.528. The fourth-order valence-corrected chi connectivity index (χ4v) is 3.16. The van der Waals surface area contributed by atoms with Crippen LogP contribution in [0.15, 0.2) is 65.3 Å². The Labute approximate surface area is 193 Å². The number of aromatic nitrogens is 3. The molecule has 0 saturated heterocycles. The van der Waals surface area contributed by atoms with Crippen molar-refractivity contribution in [2.75, 3.05) is 7.11 Å². The first kappa shape index (κ1) is 22.8. The van der Waals surface area contributed by atoms with Crippen molar-refractivity contribution in [3.8, 4) is 28.8 Å². The van der Waals surface area contributed by atoms with Crippen molar-refractivity contribution in [1.82, 2.24) is 14.7 Å². The molecule has 34 heavy (non-hydrogen) atoms. The maximum absolute atomic E-state index is 12.8. The van der Waals surface area contributed by atoms with E-state index >= 15 is 0 Å². The zero-order valence-corrected chi connectivity index (χ0v) is 18.4. The number of nitro groups is 1. The SMILES string of the molecule is CC1Cn2cc([N+](=O)[O-])nc2O1.COc1ccc(-c2cc(COc3ccc(F)cc3)on2)cc1. The summed E-state index contributed by atoms with van der Waals surface area (Å²) in [5.41, 5.74) is 1.65. The summed E-state index contributed by atoms with van der Waals surface area (Å²) >= 11 is 0. The molecule has 0 aliphatic carbocycles. The van der Waals surface area contributed by atoms with Gasteiger partial charge in [0.15, 0.2) is 5.76 Å². The van der Waals surface area contributed by atoms with E-state index in [0.29, 0.717) is 24.1 Å². The van der Waals surface area contributed by atoms with E-state index in [0.717, 1.165) is 17.0 Å². The fraction of sp³-hybridized carbons (Fsp3) is 0.217. The molecule has 0 saturated carbocycles. The van der Waals surface area contributed by atoms with E-state index in [2.05, 4.69) is 10.1 Å². The van der Waals surface area contributed by atoms with E-state index in [9.17, 15) is 14.5 Å². The van der Waals surface area contributed by atoms with Crippen molar-refractivity contribution in [1.29, 1.82) is 0 Å². The molecule has 0 radical (unpaired) electrons. The van der Waals surface area contributed by atoms with Crippen LogP contribution in [0, 0.1) is 15.9 Å². The van der Waals surface area contributed by atoms with Crippen LogP contribution in [0.2, 0.25) is 0 Å². The summed E-state index contributed by atoms with van der Waals surface area (Å²) in [5.74, 6) is 1.50. The van der Waals surface area contributed by atoms with E-state index in [-0.39, 0.29) is 24.3 Å². The minimum absolute atomic E-state index is 0.0632. The molecular formula is C23H21FN4O6. The molecule has 4 aromatic rings. The molecule has 1 unspecified atom stereocenters. The number of rotatable bonds is 6. The van der Waals surface area contributed by atoms with Crippen molar-refractivity contribution in [3.05, 3.63) is 82.5 Å². The highest BCUT2D eigenvalue weighted by Crippen LogP contribution is 2.24. The van der Waals surface area contributed by atoms with Crippen molar-refractivity contribution >= 4 is 5.82 Å². The minimum Gasteiger partial charge on any atom is -0.497 e. The molecule has 0 amide bonds. The molecule has 2 aromatic carbocycles. The van der Waals surface area contributed by atoms with E-state index in [1.54, 1.807) is 23.8 Å². The number of benzene rings is 2. The summed E-state index contributed by atoms with van der Waals surface area (Å²) in [6, 6.07) is 15.5. The third-order valence-corrected chi connectivity index (χ3v) is 4.81. The second-order valence-corrected chi connectivity index (χ2v) is 7.37. The number of halogens is 1. The molecule has 2 aromatic heterocycles. The monoisotopic (exact) mass is 468 g/mol. The first-order valence-corrected chi connectivity index (χ1v) is 10.3. The highest BCUT2D eigenvalue weighted by Gasteiger charge is 2.28. The average molecular weight is 468 g/mol. The fourth-order valence-electron chi connectivity index (χ4n) is 3.16. The second-order valence-electron chi connectivity index (χ2n) is 7.37. The third-order valence-electron chi connectivity index (χ3n) is 4.81. The molecule has 0 fully saturated rings. The Bertz CT molecular complexity index is 1230.